The Balaban J connectivity index is 1.89. The highest BCUT2D eigenvalue weighted by Crippen LogP contribution is 2.26. The number of benzene rings is 1. The Morgan fingerprint density at radius 1 is 1.15 bits per heavy atom. The zero-order valence-corrected chi connectivity index (χ0v) is 12.1. The second kappa shape index (κ2) is 5.44. The number of aromatic nitrogens is 2. The molecule has 0 aliphatic heterocycles. The number of rotatable bonds is 3. The van der Waals surface area contributed by atoms with Crippen molar-refractivity contribution in [3.63, 3.8) is 0 Å². The van der Waals surface area contributed by atoms with E-state index in [-0.39, 0.29) is 6.04 Å². The summed E-state index contributed by atoms with van der Waals surface area (Å²) in [5.74, 6) is 0. The summed E-state index contributed by atoms with van der Waals surface area (Å²) < 4.78 is 1.82. The van der Waals surface area contributed by atoms with Crippen LogP contribution in [0.3, 0.4) is 0 Å². The van der Waals surface area contributed by atoms with Crippen molar-refractivity contribution in [1.29, 1.82) is 0 Å². The maximum absolute atomic E-state index is 6.30. The predicted octanol–water partition coefficient (Wildman–Crippen LogP) is 3.88. The number of nitrogens with two attached hydrogens (primary N) is 1. The summed E-state index contributed by atoms with van der Waals surface area (Å²) in [6.07, 6.45) is 4.41. The first-order chi connectivity index (χ1) is 9.65. The average molecular weight is 306 g/mol. The van der Waals surface area contributed by atoms with Crippen LogP contribution in [0.1, 0.15) is 17.2 Å². The van der Waals surface area contributed by atoms with Gasteiger partial charge in [0, 0.05) is 17.8 Å². The van der Waals surface area contributed by atoms with Crippen molar-refractivity contribution in [2.75, 3.05) is 0 Å². The lowest BCUT2D eigenvalue weighted by molar-refractivity contribution is 0.728. The number of pyridine rings is 1. The van der Waals surface area contributed by atoms with Crippen LogP contribution in [0.25, 0.3) is 5.52 Å². The van der Waals surface area contributed by atoms with Crippen LogP contribution in [0, 0.1) is 0 Å². The van der Waals surface area contributed by atoms with Crippen molar-refractivity contribution in [3.8, 4) is 0 Å². The minimum absolute atomic E-state index is 0.132. The summed E-state index contributed by atoms with van der Waals surface area (Å²) >= 11 is 11.9. The van der Waals surface area contributed by atoms with Gasteiger partial charge in [-0.05, 0) is 36.2 Å². The van der Waals surface area contributed by atoms with Gasteiger partial charge in [0.05, 0.1) is 21.8 Å². The van der Waals surface area contributed by atoms with Crippen molar-refractivity contribution in [2.24, 2.45) is 5.73 Å². The fourth-order valence-electron chi connectivity index (χ4n) is 2.27. The number of fused-ring (bicyclic) bond motifs is 1. The van der Waals surface area contributed by atoms with Crippen LogP contribution >= 0.6 is 23.2 Å². The number of hydrogen-bond acceptors (Lipinski definition) is 2. The quantitative estimate of drug-likeness (QED) is 0.798. The molecule has 0 saturated heterocycles. The molecular formula is C15H13Cl2N3. The zero-order chi connectivity index (χ0) is 14.1. The largest absolute Gasteiger partial charge is 0.324 e. The summed E-state index contributed by atoms with van der Waals surface area (Å²) in [6, 6.07) is 11.4. The van der Waals surface area contributed by atoms with Gasteiger partial charge in [0.25, 0.3) is 0 Å². The Hall–Kier alpha value is -1.55. The zero-order valence-electron chi connectivity index (χ0n) is 10.6. The molecule has 1 unspecified atom stereocenters. The monoisotopic (exact) mass is 305 g/mol. The summed E-state index contributed by atoms with van der Waals surface area (Å²) in [6.45, 7) is 0. The molecule has 2 heterocycles. The van der Waals surface area contributed by atoms with Crippen LogP contribution < -0.4 is 5.73 Å². The maximum atomic E-state index is 6.30. The van der Waals surface area contributed by atoms with E-state index < -0.39 is 0 Å². The fraction of sp³-hybridized carbons (Fsp3) is 0.133. The van der Waals surface area contributed by atoms with Crippen LogP contribution in [0.5, 0.6) is 0 Å². The molecule has 0 aliphatic rings. The topological polar surface area (TPSA) is 43.3 Å². The van der Waals surface area contributed by atoms with E-state index in [1.165, 1.54) is 0 Å². The standard InChI is InChI=1S/C15H13Cl2N3/c16-12-5-4-10(7-13(12)17)8-14(18)11-9-19-20-6-2-1-3-15(11)20/h1-7,9,14H,8,18H2. The minimum atomic E-state index is -0.132. The first-order valence-corrected chi connectivity index (χ1v) is 7.02. The lowest BCUT2D eigenvalue weighted by atomic mass is 10.0. The summed E-state index contributed by atoms with van der Waals surface area (Å²) in [5, 5.41) is 5.41. The fourth-order valence-corrected chi connectivity index (χ4v) is 2.59. The van der Waals surface area contributed by atoms with Crippen molar-refractivity contribution in [1.82, 2.24) is 9.61 Å². The van der Waals surface area contributed by atoms with Crippen LogP contribution in [-0.4, -0.2) is 9.61 Å². The van der Waals surface area contributed by atoms with Gasteiger partial charge in [-0.1, -0.05) is 35.3 Å². The molecule has 3 aromatic rings. The molecule has 0 saturated carbocycles. The van der Waals surface area contributed by atoms with E-state index in [1.54, 1.807) is 6.07 Å². The Bertz CT molecular complexity index is 752. The van der Waals surface area contributed by atoms with Crippen LogP contribution in [0.2, 0.25) is 10.0 Å². The van der Waals surface area contributed by atoms with Crippen LogP contribution in [0.4, 0.5) is 0 Å². The van der Waals surface area contributed by atoms with Crippen molar-refractivity contribution in [3.05, 3.63) is 70.0 Å². The third-order valence-corrected chi connectivity index (χ3v) is 4.03. The number of hydrogen-bond donors (Lipinski definition) is 1. The first kappa shape index (κ1) is 13.4. The molecule has 5 heteroatoms. The van der Waals surface area contributed by atoms with Gasteiger partial charge in [-0.3, -0.25) is 0 Å². The molecule has 0 amide bonds. The lowest BCUT2D eigenvalue weighted by Crippen LogP contribution is -2.13. The Labute approximate surface area is 126 Å². The molecule has 2 aromatic heterocycles. The first-order valence-electron chi connectivity index (χ1n) is 6.27. The van der Waals surface area contributed by atoms with Gasteiger partial charge < -0.3 is 5.73 Å². The van der Waals surface area contributed by atoms with E-state index in [4.69, 9.17) is 28.9 Å². The molecular weight excluding hydrogens is 293 g/mol. The molecule has 0 spiro atoms. The lowest BCUT2D eigenvalue weighted by Gasteiger charge is -2.11. The second-order valence-electron chi connectivity index (χ2n) is 4.69. The molecule has 102 valence electrons. The normalized spacial score (nSPS) is 12.8. The molecule has 3 rings (SSSR count). The summed E-state index contributed by atoms with van der Waals surface area (Å²) in [7, 11) is 0. The maximum Gasteiger partial charge on any atom is 0.0709 e. The van der Waals surface area contributed by atoms with Gasteiger partial charge in [0.2, 0.25) is 0 Å². The summed E-state index contributed by atoms with van der Waals surface area (Å²) in [5.41, 5.74) is 9.41. The van der Waals surface area contributed by atoms with E-state index in [0.717, 1.165) is 16.6 Å². The van der Waals surface area contributed by atoms with Gasteiger partial charge in [-0.25, -0.2) is 4.52 Å². The van der Waals surface area contributed by atoms with Crippen molar-refractivity contribution >= 4 is 28.7 Å². The van der Waals surface area contributed by atoms with Gasteiger partial charge in [0.15, 0.2) is 0 Å². The Morgan fingerprint density at radius 2 is 2.00 bits per heavy atom. The highest BCUT2D eigenvalue weighted by molar-refractivity contribution is 6.42. The van der Waals surface area contributed by atoms with E-state index in [1.807, 2.05) is 47.2 Å². The van der Waals surface area contributed by atoms with Gasteiger partial charge in [0.1, 0.15) is 0 Å². The molecule has 0 fully saturated rings. The van der Waals surface area contributed by atoms with Crippen molar-refractivity contribution in [2.45, 2.75) is 12.5 Å². The Morgan fingerprint density at radius 3 is 2.80 bits per heavy atom. The molecule has 0 bridgehead atoms. The van der Waals surface area contributed by atoms with Crippen LogP contribution in [-0.2, 0) is 6.42 Å². The molecule has 1 aromatic carbocycles. The Kier molecular flexibility index (Phi) is 3.66. The van der Waals surface area contributed by atoms with E-state index in [2.05, 4.69) is 5.10 Å². The second-order valence-corrected chi connectivity index (χ2v) is 5.50. The molecule has 0 aliphatic carbocycles. The van der Waals surface area contributed by atoms with Gasteiger partial charge in [-0.2, -0.15) is 5.10 Å². The molecule has 3 nitrogen and oxygen atoms in total. The smallest absolute Gasteiger partial charge is 0.0709 e. The third kappa shape index (κ3) is 2.52. The van der Waals surface area contributed by atoms with E-state index in [0.29, 0.717) is 16.5 Å². The average Bonchev–Trinajstić information content (AvgIpc) is 2.87. The predicted molar refractivity (Wildman–Crippen MR) is 82.3 cm³/mol. The highest BCUT2D eigenvalue weighted by Gasteiger charge is 2.13. The van der Waals surface area contributed by atoms with E-state index in [9.17, 15) is 0 Å². The third-order valence-electron chi connectivity index (χ3n) is 3.30. The number of halogens is 2. The SMILES string of the molecule is NC(Cc1ccc(Cl)c(Cl)c1)c1cnn2ccccc12. The molecule has 20 heavy (non-hydrogen) atoms. The van der Waals surface area contributed by atoms with Crippen LogP contribution in [0.15, 0.2) is 48.8 Å². The molecule has 1 atom stereocenters. The summed E-state index contributed by atoms with van der Waals surface area (Å²) in [4.78, 5) is 0. The van der Waals surface area contributed by atoms with Gasteiger partial charge in [-0.15, -0.1) is 0 Å². The molecule has 2 N–H and O–H groups in total. The van der Waals surface area contributed by atoms with Crippen molar-refractivity contribution < 1.29 is 0 Å². The minimum Gasteiger partial charge on any atom is -0.324 e. The van der Waals surface area contributed by atoms with E-state index >= 15 is 0 Å². The molecule has 0 radical (unpaired) electrons. The van der Waals surface area contributed by atoms with Gasteiger partial charge >= 0.3 is 0 Å². The highest BCUT2D eigenvalue weighted by atomic mass is 35.5. The number of nitrogens with zero attached hydrogens (tertiary/aromatic N) is 2.